The highest BCUT2D eigenvalue weighted by Gasteiger charge is 2.24. The summed E-state index contributed by atoms with van der Waals surface area (Å²) < 4.78 is 0. The second kappa shape index (κ2) is 7.56. The van der Waals surface area contributed by atoms with Gasteiger partial charge in [-0.2, -0.15) is 0 Å². The summed E-state index contributed by atoms with van der Waals surface area (Å²) in [5.41, 5.74) is 1.57. The van der Waals surface area contributed by atoms with E-state index in [1.54, 1.807) is 5.56 Å². The summed E-state index contributed by atoms with van der Waals surface area (Å²) in [6.07, 6.45) is 2.60. The van der Waals surface area contributed by atoms with Gasteiger partial charge in [-0.05, 0) is 24.6 Å². The predicted octanol–water partition coefficient (Wildman–Crippen LogP) is 4.37. The average Bonchev–Trinajstić information content (AvgIpc) is 2.80. The summed E-state index contributed by atoms with van der Waals surface area (Å²) in [6.45, 7) is 5.90. The number of hydrogen-bond acceptors (Lipinski definition) is 2. The molecule has 0 radical (unpaired) electrons. The molecule has 18 heavy (non-hydrogen) atoms. The van der Waals surface area contributed by atoms with Gasteiger partial charge in [0, 0.05) is 35.0 Å². The molecular formula is C15H22BrNS. The highest BCUT2D eigenvalue weighted by atomic mass is 79.9. The van der Waals surface area contributed by atoms with Crippen LogP contribution in [0.25, 0.3) is 0 Å². The van der Waals surface area contributed by atoms with Crippen LogP contribution in [0.4, 0.5) is 0 Å². The maximum atomic E-state index is 3.58. The molecule has 0 aromatic heterocycles. The Kier molecular flexibility index (Phi) is 6.06. The number of unbranched alkanes of at least 4 members (excludes halogenated alkanes) is 1. The molecule has 0 spiro atoms. The van der Waals surface area contributed by atoms with E-state index < -0.39 is 0 Å². The van der Waals surface area contributed by atoms with Gasteiger partial charge in [-0.25, -0.2) is 0 Å². The number of thioether (sulfide) groups is 1. The molecule has 1 aromatic carbocycles. The first-order valence-electron chi connectivity index (χ1n) is 6.85. The van der Waals surface area contributed by atoms with Gasteiger partial charge in [0.25, 0.3) is 0 Å². The molecule has 1 heterocycles. The number of benzene rings is 1. The fourth-order valence-corrected chi connectivity index (χ4v) is 4.23. The lowest BCUT2D eigenvalue weighted by atomic mass is 10.0. The van der Waals surface area contributed by atoms with Crippen molar-refractivity contribution in [1.29, 1.82) is 0 Å². The highest BCUT2D eigenvalue weighted by Crippen LogP contribution is 2.39. The summed E-state index contributed by atoms with van der Waals surface area (Å²) in [4.78, 5) is 4.11. The van der Waals surface area contributed by atoms with E-state index >= 15 is 0 Å². The molecule has 3 heteroatoms. The summed E-state index contributed by atoms with van der Waals surface area (Å²) in [7, 11) is 0. The Morgan fingerprint density at radius 1 is 1.33 bits per heavy atom. The molecule has 0 fully saturated rings. The molecule has 100 valence electrons. The fraction of sp³-hybridized carbons (Fsp3) is 0.600. The van der Waals surface area contributed by atoms with Gasteiger partial charge in [-0.3, -0.25) is 0 Å². The Labute approximate surface area is 123 Å². The second-order valence-electron chi connectivity index (χ2n) is 4.89. The number of alkyl halides is 1. The Bertz CT molecular complexity index is 369. The molecule has 0 N–H and O–H groups in total. The number of nitrogens with zero attached hydrogens (tertiary/aromatic N) is 1. The standard InChI is InChI=1S/C15H22BrNS/c1-2-3-9-17(10-8-16)11-13-12-18-15-7-5-4-6-14(13)15/h4-7,13H,2-3,8-12H2,1H3. The first kappa shape index (κ1) is 14.4. The van der Waals surface area contributed by atoms with Crippen LogP contribution in [0.1, 0.15) is 31.2 Å². The fourth-order valence-electron chi connectivity index (χ4n) is 2.49. The van der Waals surface area contributed by atoms with Crippen molar-refractivity contribution in [3.8, 4) is 0 Å². The lowest BCUT2D eigenvalue weighted by molar-refractivity contribution is 0.274. The van der Waals surface area contributed by atoms with Crippen LogP contribution in [0, 0.1) is 0 Å². The van der Waals surface area contributed by atoms with E-state index in [0.29, 0.717) is 0 Å². The van der Waals surface area contributed by atoms with Crippen molar-refractivity contribution in [3.63, 3.8) is 0 Å². The third-order valence-corrected chi connectivity index (χ3v) is 5.11. The minimum atomic E-state index is 0.724. The summed E-state index contributed by atoms with van der Waals surface area (Å²) >= 11 is 5.60. The van der Waals surface area contributed by atoms with E-state index in [1.165, 1.54) is 43.1 Å². The van der Waals surface area contributed by atoms with Gasteiger partial charge in [0.15, 0.2) is 0 Å². The third kappa shape index (κ3) is 3.75. The van der Waals surface area contributed by atoms with Gasteiger partial charge in [0.2, 0.25) is 0 Å². The lowest BCUT2D eigenvalue weighted by Crippen LogP contribution is -2.31. The van der Waals surface area contributed by atoms with Crippen LogP contribution >= 0.6 is 27.7 Å². The number of hydrogen-bond donors (Lipinski definition) is 0. The number of fused-ring (bicyclic) bond motifs is 1. The van der Waals surface area contributed by atoms with Crippen LogP contribution < -0.4 is 0 Å². The SMILES string of the molecule is CCCCN(CCBr)CC1CSc2ccccc21. The predicted molar refractivity (Wildman–Crippen MR) is 85.0 cm³/mol. The molecule has 0 saturated heterocycles. The zero-order valence-corrected chi connectivity index (χ0v) is 13.5. The van der Waals surface area contributed by atoms with Crippen molar-refractivity contribution >= 4 is 27.7 Å². The third-order valence-electron chi connectivity index (χ3n) is 3.51. The van der Waals surface area contributed by atoms with Gasteiger partial charge in [0.1, 0.15) is 0 Å². The molecule has 1 aliphatic heterocycles. The van der Waals surface area contributed by atoms with E-state index in [4.69, 9.17) is 0 Å². The smallest absolute Gasteiger partial charge is 0.0159 e. The molecule has 0 aliphatic carbocycles. The van der Waals surface area contributed by atoms with Crippen LogP contribution in [0.3, 0.4) is 0 Å². The highest BCUT2D eigenvalue weighted by molar-refractivity contribution is 9.09. The molecule has 0 amide bonds. The van der Waals surface area contributed by atoms with Crippen LogP contribution in [-0.4, -0.2) is 35.6 Å². The van der Waals surface area contributed by atoms with Gasteiger partial charge >= 0.3 is 0 Å². The zero-order chi connectivity index (χ0) is 12.8. The minimum Gasteiger partial charge on any atom is -0.302 e. The Morgan fingerprint density at radius 3 is 2.94 bits per heavy atom. The van der Waals surface area contributed by atoms with Crippen molar-refractivity contribution in [1.82, 2.24) is 4.90 Å². The quantitative estimate of drug-likeness (QED) is 0.684. The van der Waals surface area contributed by atoms with Crippen LogP contribution in [0.5, 0.6) is 0 Å². The second-order valence-corrected chi connectivity index (χ2v) is 6.74. The molecule has 0 saturated carbocycles. The maximum absolute atomic E-state index is 3.58. The van der Waals surface area contributed by atoms with Crippen molar-refractivity contribution in [3.05, 3.63) is 29.8 Å². The molecule has 1 unspecified atom stereocenters. The van der Waals surface area contributed by atoms with Crippen LogP contribution in [0.2, 0.25) is 0 Å². The van der Waals surface area contributed by atoms with Crippen molar-refractivity contribution in [2.75, 3.05) is 30.7 Å². The largest absolute Gasteiger partial charge is 0.302 e. The molecule has 1 aromatic rings. The summed E-state index contributed by atoms with van der Waals surface area (Å²) in [5, 5.41) is 1.08. The Balaban J connectivity index is 1.95. The minimum absolute atomic E-state index is 0.724. The van der Waals surface area contributed by atoms with Crippen molar-refractivity contribution in [2.24, 2.45) is 0 Å². The number of halogens is 1. The zero-order valence-electron chi connectivity index (χ0n) is 11.1. The Morgan fingerprint density at radius 2 is 2.17 bits per heavy atom. The summed E-state index contributed by atoms with van der Waals surface area (Å²) in [5.74, 6) is 1.98. The van der Waals surface area contributed by atoms with Gasteiger partial charge in [-0.15, -0.1) is 11.8 Å². The van der Waals surface area contributed by atoms with Crippen LogP contribution in [-0.2, 0) is 0 Å². The van der Waals surface area contributed by atoms with E-state index in [9.17, 15) is 0 Å². The van der Waals surface area contributed by atoms with Crippen LogP contribution in [0.15, 0.2) is 29.2 Å². The van der Waals surface area contributed by atoms with Gasteiger partial charge in [0.05, 0.1) is 0 Å². The molecule has 1 atom stereocenters. The monoisotopic (exact) mass is 327 g/mol. The molecular weight excluding hydrogens is 306 g/mol. The van der Waals surface area contributed by atoms with E-state index in [1.807, 2.05) is 11.8 Å². The van der Waals surface area contributed by atoms with E-state index in [0.717, 1.165) is 11.2 Å². The van der Waals surface area contributed by atoms with E-state index in [-0.39, 0.29) is 0 Å². The van der Waals surface area contributed by atoms with E-state index in [2.05, 4.69) is 52.0 Å². The first-order valence-corrected chi connectivity index (χ1v) is 8.96. The lowest BCUT2D eigenvalue weighted by Gasteiger charge is -2.24. The normalized spacial score (nSPS) is 18.3. The number of rotatable bonds is 7. The van der Waals surface area contributed by atoms with Crippen molar-refractivity contribution in [2.45, 2.75) is 30.6 Å². The topological polar surface area (TPSA) is 3.24 Å². The molecule has 1 aliphatic rings. The van der Waals surface area contributed by atoms with Gasteiger partial charge in [-0.1, -0.05) is 47.5 Å². The Hall–Kier alpha value is 0.0100. The maximum Gasteiger partial charge on any atom is 0.0159 e. The first-order chi connectivity index (χ1) is 8.85. The van der Waals surface area contributed by atoms with Gasteiger partial charge < -0.3 is 4.90 Å². The summed E-state index contributed by atoms with van der Waals surface area (Å²) in [6, 6.07) is 8.91. The molecule has 2 rings (SSSR count). The average molecular weight is 328 g/mol. The molecule has 0 bridgehead atoms. The van der Waals surface area contributed by atoms with Crippen molar-refractivity contribution < 1.29 is 0 Å². The molecule has 1 nitrogen and oxygen atoms in total.